The molecule has 162 valence electrons. The van der Waals surface area contributed by atoms with Crippen molar-refractivity contribution in [2.75, 3.05) is 38.2 Å². The average molecular weight is 422 g/mol. The maximum absolute atomic E-state index is 12.6. The zero-order valence-corrected chi connectivity index (χ0v) is 17.6. The number of nitrogens with one attached hydrogen (secondary N) is 2. The van der Waals surface area contributed by atoms with Crippen LogP contribution in [-0.4, -0.2) is 64.8 Å². The van der Waals surface area contributed by atoms with Gasteiger partial charge in [-0.1, -0.05) is 18.2 Å². The highest BCUT2D eigenvalue weighted by Gasteiger charge is 2.26. The molecule has 0 aliphatic carbocycles. The number of amides is 1. The van der Waals surface area contributed by atoms with Crippen molar-refractivity contribution in [1.29, 1.82) is 0 Å². The SMILES string of the molecule is COc1ccccc1CCNC(=O)CC1CNCCN1c1ccnc(-n2ccnc2)n1. The first-order valence-electron chi connectivity index (χ1n) is 10.4. The average Bonchev–Trinajstić information content (AvgIpc) is 3.35. The number of nitrogens with zero attached hydrogens (tertiary/aromatic N) is 5. The van der Waals surface area contributed by atoms with Gasteiger partial charge in [0.25, 0.3) is 0 Å². The molecule has 3 aromatic rings. The Labute approximate surface area is 181 Å². The molecule has 9 heteroatoms. The standard InChI is InChI=1S/C22H27N7O2/c1-31-19-5-3-2-4-17(19)6-8-25-21(30)14-18-15-23-11-13-29(18)20-7-9-26-22(27-20)28-12-10-24-16-28/h2-5,7,9-10,12,16,18,23H,6,8,11,13-15H2,1H3,(H,25,30). The second-order valence-corrected chi connectivity index (χ2v) is 7.35. The minimum Gasteiger partial charge on any atom is -0.496 e. The second-order valence-electron chi connectivity index (χ2n) is 7.35. The van der Waals surface area contributed by atoms with Gasteiger partial charge >= 0.3 is 0 Å². The number of imidazole rings is 1. The van der Waals surface area contributed by atoms with Crippen molar-refractivity contribution in [3.05, 3.63) is 60.8 Å². The lowest BCUT2D eigenvalue weighted by Crippen LogP contribution is -2.53. The number of benzene rings is 1. The van der Waals surface area contributed by atoms with Gasteiger partial charge in [-0.15, -0.1) is 0 Å². The number of carbonyl (C=O) groups excluding carboxylic acids is 1. The van der Waals surface area contributed by atoms with E-state index in [0.29, 0.717) is 18.9 Å². The lowest BCUT2D eigenvalue weighted by Gasteiger charge is -2.36. The van der Waals surface area contributed by atoms with Gasteiger partial charge in [0, 0.05) is 51.2 Å². The summed E-state index contributed by atoms with van der Waals surface area (Å²) in [5, 5.41) is 6.42. The van der Waals surface area contributed by atoms with Crippen LogP contribution < -0.4 is 20.3 Å². The van der Waals surface area contributed by atoms with Gasteiger partial charge in [-0.05, 0) is 24.1 Å². The zero-order chi connectivity index (χ0) is 21.5. The van der Waals surface area contributed by atoms with Gasteiger partial charge in [0.2, 0.25) is 11.9 Å². The summed E-state index contributed by atoms with van der Waals surface area (Å²) in [6, 6.07) is 9.78. The number of rotatable bonds is 8. The van der Waals surface area contributed by atoms with Crippen molar-refractivity contribution in [1.82, 2.24) is 30.2 Å². The first-order valence-corrected chi connectivity index (χ1v) is 10.4. The molecule has 1 aliphatic heterocycles. The Hall–Kier alpha value is -3.46. The van der Waals surface area contributed by atoms with Crippen LogP contribution in [0.5, 0.6) is 5.75 Å². The van der Waals surface area contributed by atoms with Crippen LogP contribution >= 0.6 is 0 Å². The maximum Gasteiger partial charge on any atom is 0.236 e. The van der Waals surface area contributed by atoms with E-state index in [1.54, 1.807) is 30.4 Å². The monoisotopic (exact) mass is 421 g/mol. The molecule has 31 heavy (non-hydrogen) atoms. The summed E-state index contributed by atoms with van der Waals surface area (Å²) in [4.78, 5) is 27.9. The lowest BCUT2D eigenvalue weighted by atomic mass is 10.1. The van der Waals surface area contributed by atoms with Crippen molar-refractivity contribution < 1.29 is 9.53 Å². The number of methoxy groups -OCH3 is 1. The minimum atomic E-state index is 0.0190. The molecule has 3 heterocycles. The lowest BCUT2D eigenvalue weighted by molar-refractivity contribution is -0.121. The Kier molecular flexibility index (Phi) is 6.73. The second kappa shape index (κ2) is 10.0. The normalized spacial score (nSPS) is 16.2. The third kappa shape index (κ3) is 5.18. The Morgan fingerprint density at radius 1 is 1.29 bits per heavy atom. The smallest absolute Gasteiger partial charge is 0.236 e. The Morgan fingerprint density at radius 2 is 2.19 bits per heavy atom. The molecule has 1 aliphatic rings. The molecule has 0 radical (unpaired) electrons. The van der Waals surface area contributed by atoms with Crippen LogP contribution in [0.1, 0.15) is 12.0 Å². The quantitative estimate of drug-likeness (QED) is 0.564. The molecule has 1 unspecified atom stereocenters. The Morgan fingerprint density at radius 3 is 3.03 bits per heavy atom. The zero-order valence-electron chi connectivity index (χ0n) is 17.6. The highest BCUT2D eigenvalue weighted by molar-refractivity contribution is 5.77. The van der Waals surface area contributed by atoms with E-state index < -0.39 is 0 Å². The van der Waals surface area contributed by atoms with Crippen LogP contribution in [0.15, 0.2) is 55.2 Å². The van der Waals surface area contributed by atoms with Gasteiger partial charge in [-0.25, -0.2) is 9.97 Å². The molecule has 1 fully saturated rings. The van der Waals surface area contributed by atoms with E-state index in [0.717, 1.165) is 43.2 Å². The molecule has 0 saturated carbocycles. The maximum atomic E-state index is 12.6. The summed E-state index contributed by atoms with van der Waals surface area (Å²) >= 11 is 0. The van der Waals surface area contributed by atoms with Gasteiger partial charge in [0.1, 0.15) is 17.9 Å². The number of aromatic nitrogens is 4. The van der Waals surface area contributed by atoms with E-state index in [-0.39, 0.29) is 11.9 Å². The number of hydrogen-bond donors (Lipinski definition) is 2. The minimum absolute atomic E-state index is 0.0190. The van der Waals surface area contributed by atoms with Gasteiger partial charge in [-0.2, -0.15) is 4.98 Å². The van der Waals surface area contributed by atoms with Crippen LogP contribution in [-0.2, 0) is 11.2 Å². The van der Waals surface area contributed by atoms with E-state index in [1.807, 2.05) is 36.5 Å². The Balaban J connectivity index is 1.37. The van der Waals surface area contributed by atoms with Crippen LogP contribution in [0, 0.1) is 0 Å². The van der Waals surface area contributed by atoms with Crippen LogP contribution in [0.4, 0.5) is 5.82 Å². The number of ether oxygens (including phenoxy) is 1. The van der Waals surface area contributed by atoms with Gasteiger partial charge in [-0.3, -0.25) is 9.36 Å². The third-order valence-electron chi connectivity index (χ3n) is 5.34. The van der Waals surface area contributed by atoms with Gasteiger partial charge in [0.15, 0.2) is 0 Å². The first kappa shape index (κ1) is 20.8. The topological polar surface area (TPSA) is 97.2 Å². The fourth-order valence-electron chi connectivity index (χ4n) is 3.78. The molecule has 0 spiro atoms. The summed E-state index contributed by atoms with van der Waals surface area (Å²) in [7, 11) is 1.66. The number of piperazine rings is 1. The first-order chi connectivity index (χ1) is 15.2. The molecule has 9 nitrogen and oxygen atoms in total. The van der Waals surface area contributed by atoms with Crippen LogP contribution in [0.3, 0.4) is 0 Å². The van der Waals surface area contributed by atoms with E-state index >= 15 is 0 Å². The number of para-hydroxylation sites is 1. The molecular formula is C22H27N7O2. The predicted octanol–water partition coefficient (Wildman–Crippen LogP) is 1.20. The van der Waals surface area contributed by atoms with E-state index in [4.69, 9.17) is 4.74 Å². The van der Waals surface area contributed by atoms with Crippen molar-refractivity contribution in [2.45, 2.75) is 18.9 Å². The predicted molar refractivity (Wildman–Crippen MR) is 117 cm³/mol. The van der Waals surface area contributed by atoms with E-state index in [9.17, 15) is 4.79 Å². The summed E-state index contributed by atoms with van der Waals surface area (Å²) in [5.74, 6) is 2.25. The number of carbonyl (C=O) groups is 1. The molecule has 4 rings (SSSR count). The molecular weight excluding hydrogens is 394 g/mol. The summed E-state index contributed by atoms with van der Waals surface area (Å²) in [5.41, 5.74) is 1.08. The Bertz CT molecular complexity index is 993. The van der Waals surface area contributed by atoms with Crippen molar-refractivity contribution >= 4 is 11.7 Å². The molecule has 1 saturated heterocycles. The largest absolute Gasteiger partial charge is 0.496 e. The number of hydrogen-bond acceptors (Lipinski definition) is 7. The summed E-state index contributed by atoms with van der Waals surface area (Å²) < 4.78 is 7.15. The van der Waals surface area contributed by atoms with E-state index in [2.05, 4.69) is 30.5 Å². The number of anilines is 1. The molecule has 1 amide bonds. The van der Waals surface area contributed by atoms with Crippen LogP contribution in [0.2, 0.25) is 0 Å². The van der Waals surface area contributed by atoms with Crippen molar-refractivity contribution in [3.63, 3.8) is 0 Å². The third-order valence-corrected chi connectivity index (χ3v) is 5.34. The summed E-state index contributed by atoms with van der Waals surface area (Å²) in [6.07, 6.45) is 8.03. The van der Waals surface area contributed by atoms with Crippen molar-refractivity contribution in [2.24, 2.45) is 0 Å². The molecule has 0 bridgehead atoms. The highest BCUT2D eigenvalue weighted by atomic mass is 16.5. The summed E-state index contributed by atoms with van der Waals surface area (Å²) in [6.45, 7) is 2.91. The molecule has 2 N–H and O–H groups in total. The fraction of sp³-hybridized carbons (Fsp3) is 0.364. The van der Waals surface area contributed by atoms with Crippen molar-refractivity contribution in [3.8, 4) is 11.7 Å². The molecule has 2 aromatic heterocycles. The molecule has 1 aromatic carbocycles. The fourth-order valence-corrected chi connectivity index (χ4v) is 3.78. The van der Waals surface area contributed by atoms with Gasteiger partial charge < -0.3 is 20.3 Å². The van der Waals surface area contributed by atoms with E-state index in [1.165, 1.54) is 0 Å². The van der Waals surface area contributed by atoms with Crippen LogP contribution in [0.25, 0.3) is 5.95 Å². The highest BCUT2D eigenvalue weighted by Crippen LogP contribution is 2.19. The molecule has 1 atom stereocenters. The van der Waals surface area contributed by atoms with Gasteiger partial charge in [0.05, 0.1) is 13.2 Å².